The van der Waals surface area contributed by atoms with Crippen LogP contribution in [0.3, 0.4) is 0 Å². The molecule has 1 unspecified atom stereocenters. The smallest absolute Gasteiger partial charge is 0.245 e. The number of hydrogen-bond donors (Lipinski definition) is 3. The molecule has 2 rings (SSSR count). The number of rotatable bonds is 4. The van der Waals surface area contributed by atoms with E-state index in [1.165, 1.54) is 4.90 Å². The molecular weight excluding hydrogens is 236 g/mol. The van der Waals surface area contributed by atoms with Gasteiger partial charge in [0.25, 0.3) is 0 Å². The topological polar surface area (TPSA) is 105 Å². The van der Waals surface area contributed by atoms with E-state index in [4.69, 9.17) is 5.73 Å². The van der Waals surface area contributed by atoms with Crippen molar-refractivity contribution in [3.05, 3.63) is 0 Å². The van der Waals surface area contributed by atoms with Gasteiger partial charge in [-0.3, -0.25) is 14.4 Å². The van der Waals surface area contributed by atoms with Crippen molar-refractivity contribution in [1.82, 2.24) is 15.5 Å². The Bertz CT molecular complexity index is 365. The van der Waals surface area contributed by atoms with Gasteiger partial charge in [0.2, 0.25) is 17.7 Å². The highest BCUT2D eigenvalue weighted by Crippen LogP contribution is 2.12. The molecule has 2 aliphatic rings. The Morgan fingerprint density at radius 3 is 2.83 bits per heavy atom. The summed E-state index contributed by atoms with van der Waals surface area (Å²) in [6, 6.07) is -0.706. The summed E-state index contributed by atoms with van der Waals surface area (Å²) in [4.78, 5) is 35.9. The molecule has 2 aliphatic heterocycles. The molecule has 3 amide bonds. The van der Waals surface area contributed by atoms with Gasteiger partial charge in [0.15, 0.2) is 0 Å². The summed E-state index contributed by atoms with van der Waals surface area (Å²) in [6.07, 6.45) is 2.31. The number of likely N-dealkylation sites (tertiary alicyclic amines) is 1. The maximum absolute atomic E-state index is 11.9. The van der Waals surface area contributed by atoms with Gasteiger partial charge in [-0.1, -0.05) is 0 Å². The fraction of sp³-hybridized carbons (Fsp3) is 0.727. The van der Waals surface area contributed by atoms with Crippen molar-refractivity contribution in [3.8, 4) is 0 Å². The summed E-state index contributed by atoms with van der Waals surface area (Å²) < 4.78 is 0. The highest BCUT2D eigenvalue weighted by Gasteiger charge is 2.35. The van der Waals surface area contributed by atoms with Gasteiger partial charge in [-0.05, 0) is 25.8 Å². The molecule has 2 heterocycles. The second-order valence-corrected chi connectivity index (χ2v) is 4.72. The Morgan fingerprint density at radius 2 is 2.22 bits per heavy atom. The lowest BCUT2D eigenvalue weighted by Crippen LogP contribution is -2.48. The van der Waals surface area contributed by atoms with Crippen molar-refractivity contribution in [2.45, 2.75) is 31.3 Å². The van der Waals surface area contributed by atoms with Crippen LogP contribution in [0.2, 0.25) is 0 Å². The van der Waals surface area contributed by atoms with E-state index in [2.05, 4.69) is 10.6 Å². The monoisotopic (exact) mass is 254 g/mol. The molecule has 7 nitrogen and oxygen atoms in total. The number of nitrogens with one attached hydrogen (secondary N) is 2. The van der Waals surface area contributed by atoms with Crippen LogP contribution in [0.4, 0.5) is 0 Å². The Hall–Kier alpha value is -1.63. The zero-order chi connectivity index (χ0) is 13.1. The second-order valence-electron chi connectivity index (χ2n) is 4.72. The van der Waals surface area contributed by atoms with Crippen molar-refractivity contribution in [2.24, 2.45) is 5.73 Å². The zero-order valence-electron chi connectivity index (χ0n) is 10.1. The van der Waals surface area contributed by atoms with Crippen LogP contribution in [0.1, 0.15) is 19.3 Å². The number of primary amides is 1. The van der Waals surface area contributed by atoms with Crippen LogP contribution in [0.25, 0.3) is 0 Å². The summed E-state index contributed by atoms with van der Waals surface area (Å²) >= 11 is 0. The summed E-state index contributed by atoms with van der Waals surface area (Å²) in [5.74, 6) is -0.889. The van der Waals surface area contributed by atoms with Crippen molar-refractivity contribution in [3.63, 3.8) is 0 Å². The number of amides is 3. The van der Waals surface area contributed by atoms with Crippen molar-refractivity contribution in [2.75, 3.05) is 19.6 Å². The predicted molar refractivity (Wildman–Crippen MR) is 63.3 cm³/mol. The van der Waals surface area contributed by atoms with E-state index in [0.717, 1.165) is 19.4 Å². The Labute approximate surface area is 105 Å². The highest BCUT2D eigenvalue weighted by atomic mass is 16.2. The van der Waals surface area contributed by atoms with E-state index < -0.39 is 11.9 Å². The standard InChI is InChI=1S/C11H18N4O3/c12-9(16)6-15-5-3-8(11(15)18)14-10(17)7-2-1-4-13-7/h7-8,13H,1-6H2,(H2,12,16)(H,14,17)/t7?,8-/m0/s1. The van der Waals surface area contributed by atoms with E-state index in [-0.39, 0.29) is 24.4 Å². The van der Waals surface area contributed by atoms with E-state index >= 15 is 0 Å². The molecule has 100 valence electrons. The Kier molecular flexibility index (Phi) is 3.81. The Morgan fingerprint density at radius 1 is 1.44 bits per heavy atom. The molecule has 4 N–H and O–H groups in total. The summed E-state index contributed by atoms with van der Waals surface area (Å²) in [5, 5.41) is 5.81. The molecule has 2 saturated heterocycles. The van der Waals surface area contributed by atoms with Crippen molar-refractivity contribution < 1.29 is 14.4 Å². The van der Waals surface area contributed by atoms with Crippen LogP contribution in [-0.4, -0.2) is 54.3 Å². The van der Waals surface area contributed by atoms with Crippen LogP contribution in [0.15, 0.2) is 0 Å². The molecular formula is C11H18N4O3. The third-order valence-electron chi connectivity index (χ3n) is 3.34. The van der Waals surface area contributed by atoms with Gasteiger partial charge in [-0.15, -0.1) is 0 Å². The highest BCUT2D eigenvalue weighted by molar-refractivity contribution is 5.93. The molecule has 0 aromatic carbocycles. The first kappa shape index (κ1) is 12.8. The minimum atomic E-state index is -0.534. The van der Waals surface area contributed by atoms with Gasteiger partial charge in [-0.2, -0.15) is 0 Å². The SMILES string of the molecule is NC(=O)CN1CC[C@H](NC(=O)C2CCCN2)C1=O. The number of nitrogens with two attached hydrogens (primary N) is 1. The van der Waals surface area contributed by atoms with Crippen molar-refractivity contribution in [1.29, 1.82) is 0 Å². The molecule has 0 saturated carbocycles. The van der Waals surface area contributed by atoms with Gasteiger partial charge >= 0.3 is 0 Å². The van der Waals surface area contributed by atoms with E-state index in [1.807, 2.05) is 0 Å². The minimum Gasteiger partial charge on any atom is -0.368 e. The molecule has 2 fully saturated rings. The van der Waals surface area contributed by atoms with Crippen LogP contribution >= 0.6 is 0 Å². The number of carbonyl (C=O) groups excluding carboxylic acids is 3. The molecule has 0 radical (unpaired) electrons. The van der Waals surface area contributed by atoms with Gasteiger partial charge in [0.1, 0.15) is 6.04 Å². The van der Waals surface area contributed by atoms with Crippen LogP contribution in [0, 0.1) is 0 Å². The fourth-order valence-electron chi connectivity index (χ4n) is 2.40. The molecule has 0 bridgehead atoms. The third-order valence-corrected chi connectivity index (χ3v) is 3.34. The predicted octanol–water partition coefficient (Wildman–Crippen LogP) is -2.06. The van der Waals surface area contributed by atoms with Gasteiger partial charge in [0.05, 0.1) is 12.6 Å². The summed E-state index contributed by atoms with van der Waals surface area (Å²) in [6.45, 7) is 1.22. The van der Waals surface area contributed by atoms with Gasteiger partial charge in [0, 0.05) is 6.54 Å². The average molecular weight is 254 g/mol. The minimum absolute atomic E-state index is 0.0765. The molecule has 18 heavy (non-hydrogen) atoms. The van der Waals surface area contributed by atoms with Gasteiger partial charge < -0.3 is 21.3 Å². The molecule has 0 aromatic heterocycles. The zero-order valence-corrected chi connectivity index (χ0v) is 10.1. The maximum Gasteiger partial charge on any atom is 0.245 e. The van der Waals surface area contributed by atoms with E-state index in [1.54, 1.807) is 0 Å². The maximum atomic E-state index is 11.9. The first-order chi connectivity index (χ1) is 8.58. The largest absolute Gasteiger partial charge is 0.368 e. The molecule has 2 atom stereocenters. The second kappa shape index (κ2) is 5.34. The van der Waals surface area contributed by atoms with Gasteiger partial charge in [-0.25, -0.2) is 0 Å². The number of carbonyl (C=O) groups is 3. The first-order valence-corrected chi connectivity index (χ1v) is 6.19. The number of hydrogen-bond acceptors (Lipinski definition) is 4. The van der Waals surface area contributed by atoms with Crippen LogP contribution in [-0.2, 0) is 14.4 Å². The quantitative estimate of drug-likeness (QED) is 0.536. The molecule has 0 spiro atoms. The fourth-order valence-corrected chi connectivity index (χ4v) is 2.40. The normalized spacial score (nSPS) is 27.6. The third kappa shape index (κ3) is 2.79. The molecule has 0 aromatic rings. The van der Waals surface area contributed by atoms with E-state index in [0.29, 0.717) is 13.0 Å². The van der Waals surface area contributed by atoms with Crippen LogP contribution < -0.4 is 16.4 Å². The lowest BCUT2D eigenvalue weighted by molar-refractivity contribution is -0.135. The van der Waals surface area contributed by atoms with Crippen LogP contribution in [0.5, 0.6) is 0 Å². The number of nitrogens with zero attached hydrogens (tertiary/aromatic N) is 1. The van der Waals surface area contributed by atoms with Crippen molar-refractivity contribution >= 4 is 17.7 Å². The average Bonchev–Trinajstić information content (AvgIpc) is 2.93. The summed E-state index contributed by atoms with van der Waals surface area (Å²) in [5.41, 5.74) is 5.05. The van der Waals surface area contributed by atoms with E-state index in [9.17, 15) is 14.4 Å². The first-order valence-electron chi connectivity index (χ1n) is 6.19. The Balaban J connectivity index is 1.85. The molecule has 0 aliphatic carbocycles. The summed E-state index contributed by atoms with van der Waals surface area (Å²) in [7, 11) is 0. The lowest BCUT2D eigenvalue weighted by Gasteiger charge is -2.17. The molecule has 7 heteroatoms. The lowest BCUT2D eigenvalue weighted by atomic mass is 10.2.